The van der Waals surface area contributed by atoms with Crippen molar-refractivity contribution >= 4 is 0 Å². The maximum absolute atomic E-state index is 9.39. The van der Waals surface area contributed by atoms with Crippen LogP contribution in [-0.4, -0.2) is 23.4 Å². The highest BCUT2D eigenvalue weighted by atomic mass is 16.3. The zero-order chi connectivity index (χ0) is 14.5. The predicted octanol–water partition coefficient (Wildman–Crippen LogP) is 3.55. The molecule has 0 spiro atoms. The Kier molecular flexibility index (Phi) is 4.94. The van der Waals surface area contributed by atoms with Gasteiger partial charge in [-0.1, -0.05) is 62.4 Å². The lowest BCUT2D eigenvalue weighted by atomic mass is 9.90. The van der Waals surface area contributed by atoms with Gasteiger partial charge in [0, 0.05) is 25.0 Å². The topological polar surface area (TPSA) is 40.5 Å². The van der Waals surface area contributed by atoms with E-state index in [4.69, 9.17) is 0 Å². The van der Waals surface area contributed by atoms with Crippen LogP contribution in [0, 0.1) is 0 Å². The molecule has 20 heavy (non-hydrogen) atoms. The first-order valence-electron chi connectivity index (χ1n) is 7.07. The number of benzene rings is 2. The second-order valence-electron chi connectivity index (χ2n) is 5.42. The molecule has 0 aromatic heterocycles. The largest absolute Gasteiger partial charge is 0.396 e. The molecule has 2 aromatic rings. The van der Waals surface area contributed by atoms with Crippen LogP contribution in [0.2, 0.25) is 0 Å². The molecule has 2 heteroatoms. The summed E-state index contributed by atoms with van der Waals surface area (Å²) in [6.45, 7) is 4.28. The number of aliphatic hydroxyl groups is 2. The van der Waals surface area contributed by atoms with Gasteiger partial charge in [-0.2, -0.15) is 0 Å². The zero-order valence-corrected chi connectivity index (χ0v) is 12.1. The first kappa shape index (κ1) is 14.8. The van der Waals surface area contributed by atoms with Crippen molar-refractivity contribution in [1.82, 2.24) is 0 Å². The van der Waals surface area contributed by atoms with E-state index in [9.17, 15) is 10.2 Å². The summed E-state index contributed by atoms with van der Waals surface area (Å²) in [6, 6.07) is 16.5. The van der Waals surface area contributed by atoms with Crippen LogP contribution < -0.4 is 0 Å². The number of rotatable bonds is 5. The van der Waals surface area contributed by atoms with Crippen molar-refractivity contribution in [3.63, 3.8) is 0 Å². The third-order valence-corrected chi connectivity index (χ3v) is 3.77. The van der Waals surface area contributed by atoms with E-state index in [1.54, 1.807) is 0 Å². The van der Waals surface area contributed by atoms with E-state index in [1.165, 1.54) is 0 Å². The molecule has 106 valence electrons. The average Bonchev–Trinajstić information content (AvgIpc) is 2.53. The average molecular weight is 270 g/mol. The van der Waals surface area contributed by atoms with Crippen molar-refractivity contribution in [2.24, 2.45) is 0 Å². The van der Waals surface area contributed by atoms with E-state index in [0.717, 1.165) is 22.3 Å². The van der Waals surface area contributed by atoms with Gasteiger partial charge in [-0.15, -0.1) is 0 Å². The summed E-state index contributed by atoms with van der Waals surface area (Å²) in [5.41, 5.74) is 4.53. The van der Waals surface area contributed by atoms with Crippen LogP contribution in [0.4, 0.5) is 0 Å². The SMILES string of the molecule is CC(CO)c1cc(-c2ccccc2)cc(C(C)CO)c1. The summed E-state index contributed by atoms with van der Waals surface area (Å²) < 4.78 is 0. The van der Waals surface area contributed by atoms with E-state index in [-0.39, 0.29) is 25.0 Å². The predicted molar refractivity (Wildman–Crippen MR) is 82.9 cm³/mol. The molecule has 0 radical (unpaired) electrons. The molecule has 0 aliphatic heterocycles. The Morgan fingerprint density at radius 1 is 0.750 bits per heavy atom. The van der Waals surface area contributed by atoms with Crippen molar-refractivity contribution in [2.75, 3.05) is 13.2 Å². The third kappa shape index (κ3) is 3.27. The molecule has 0 fully saturated rings. The van der Waals surface area contributed by atoms with E-state index < -0.39 is 0 Å². The van der Waals surface area contributed by atoms with Crippen molar-refractivity contribution in [2.45, 2.75) is 25.7 Å². The number of hydrogen-bond acceptors (Lipinski definition) is 2. The molecular formula is C18H22O2. The summed E-state index contributed by atoms with van der Waals surface area (Å²) in [4.78, 5) is 0. The lowest BCUT2D eigenvalue weighted by molar-refractivity contribution is 0.270. The molecule has 0 aliphatic carbocycles. The van der Waals surface area contributed by atoms with Crippen LogP contribution in [0.5, 0.6) is 0 Å². The first-order chi connectivity index (χ1) is 9.65. The lowest BCUT2D eigenvalue weighted by Crippen LogP contribution is -2.04. The van der Waals surface area contributed by atoms with Gasteiger partial charge in [0.25, 0.3) is 0 Å². The maximum atomic E-state index is 9.39. The van der Waals surface area contributed by atoms with Crippen molar-refractivity contribution in [3.8, 4) is 11.1 Å². The Balaban J connectivity index is 2.51. The summed E-state index contributed by atoms with van der Waals surface area (Å²) in [5.74, 6) is 0.201. The van der Waals surface area contributed by atoms with Gasteiger partial charge in [0.2, 0.25) is 0 Å². The van der Waals surface area contributed by atoms with Crippen LogP contribution in [-0.2, 0) is 0 Å². The van der Waals surface area contributed by atoms with Gasteiger partial charge in [0.1, 0.15) is 0 Å². The summed E-state index contributed by atoms with van der Waals surface area (Å²) in [7, 11) is 0. The van der Waals surface area contributed by atoms with Crippen molar-refractivity contribution in [1.29, 1.82) is 0 Å². The lowest BCUT2D eigenvalue weighted by Gasteiger charge is -2.16. The zero-order valence-electron chi connectivity index (χ0n) is 12.1. The Morgan fingerprint density at radius 2 is 1.25 bits per heavy atom. The molecule has 2 rings (SSSR count). The van der Waals surface area contributed by atoms with Gasteiger partial charge in [0.15, 0.2) is 0 Å². The summed E-state index contributed by atoms with van der Waals surface area (Å²) in [5, 5.41) is 18.8. The molecule has 2 nitrogen and oxygen atoms in total. The Bertz CT molecular complexity index is 520. The quantitative estimate of drug-likeness (QED) is 0.872. The van der Waals surface area contributed by atoms with E-state index in [0.29, 0.717) is 0 Å². The maximum Gasteiger partial charge on any atom is 0.0497 e. The Labute approximate surface area is 120 Å². The van der Waals surface area contributed by atoms with E-state index in [2.05, 4.69) is 30.3 Å². The molecule has 0 heterocycles. The first-order valence-corrected chi connectivity index (χ1v) is 7.07. The van der Waals surface area contributed by atoms with E-state index >= 15 is 0 Å². The minimum absolute atomic E-state index is 0.100. The molecular weight excluding hydrogens is 248 g/mol. The van der Waals surface area contributed by atoms with Gasteiger partial charge in [-0.05, 0) is 22.3 Å². The Morgan fingerprint density at radius 3 is 1.70 bits per heavy atom. The standard InChI is InChI=1S/C18H22O2/c1-13(11-19)16-8-17(14(2)12-20)10-18(9-16)15-6-4-3-5-7-15/h3-10,13-14,19-20H,11-12H2,1-2H3. The van der Waals surface area contributed by atoms with Crippen LogP contribution in [0.15, 0.2) is 48.5 Å². The van der Waals surface area contributed by atoms with Crippen LogP contribution in [0.3, 0.4) is 0 Å². The van der Waals surface area contributed by atoms with Crippen molar-refractivity contribution in [3.05, 3.63) is 59.7 Å². The van der Waals surface area contributed by atoms with Crippen molar-refractivity contribution < 1.29 is 10.2 Å². The molecule has 2 N–H and O–H groups in total. The molecule has 0 saturated heterocycles. The highest BCUT2D eigenvalue weighted by Gasteiger charge is 2.12. The summed E-state index contributed by atoms with van der Waals surface area (Å²) in [6.07, 6.45) is 0. The molecule has 0 aliphatic rings. The van der Waals surface area contributed by atoms with Crippen LogP contribution in [0.1, 0.15) is 36.8 Å². The van der Waals surface area contributed by atoms with Crippen LogP contribution in [0.25, 0.3) is 11.1 Å². The molecule has 2 atom stereocenters. The molecule has 0 amide bonds. The fourth-order valence-corrected chi connectivity index (χ4v) is 2.25. The highest BCUT2D eigenvalue weighted by molar-refractivity contribution is 5.65. The fraction of sp³-hybridized carbons (Fsp3) is 0.333. The van der Waals surface area contributed by atoms with Crippen LogP contribution >= 0.6 is 0 Å². The van der Waals surface area contributed by atoms with Gasteiger partial charge >= 0.3 is 0 Å². The minimum Gasteiger partial charge on any atom is -0.396 e. The smallest absolute Gasteiger partial charge is 0.0497 e. The molecule has 0 saturated carbocycles. The van der Waals surface area contributed by atoms with E-state index in [1.807, 2.05) is 32.0 Å². The van der Waals surface area contributed by atoms with Gasteiger partial charge in [-0.25, -0.2) is 0 Å². The molecule has 2 unspecified atom stereocenters. The number of aliphatic hydroxyl groups excluding tert-OH is 2. The normalized spacial score (nSPS) is 14.0. The second-order valence-corrected chi connectivity index (χ2v) is 5.42. The minimum atomic E-state index is 0.100. The third-order valence-electron chi connectivity index (χ3n) is 3.77. The monoisotopic (exact) mass is 270 g/mol. The fourth-order valence-electron chi connectivity index (χ4n) is 2.25. The van der Waals surface area contributed by atoms with Gasteiger partial charge in [0.05, 0.1) is 0 Å². The molecule has 2 aromatic carbocycles. The number of hydrogen-bond donors (Lipinski definition) is 2. The van der Waals surface area contributed by atoms with Gasteiger partial charge in [-0.3, -0.25) is 0 Å². The van der Waals surface area contributed by atoms with Gasteiger partial charge < -0.3 is 10.2 Å². The Hall–Kier alpha value is -1.64. The highest BCUT2D eigenvalue weighted by Crippen LogP contribution is 2.29. The summed E-state index contributed by atoms with van der Waals surface area (Å²) >= 11 is 0. The molecule has 0 bridgehead atoms. The second kappa shape index (κ2) is 6.69.